The number of aromatic hydroxyl groups is 2. The number of aliphatic hydroxyl groups is 1. The van der Waals surface area contributed by atoms with Gasteiger partial charge in [0.15, 0.2) is 17.3 Å². The number of likely N-dealkylation sites (N-methyl/N-ethyl adjacent to an activating group) is 1. The Bertz CT molecular complexity index is 940. The molecule has 168 valence electrons. The zero-order valence-electron chi connectivity index (χ0n) is 17.8. The Balaban J connectivity index is 1.63. The number of fused-ring (bicyclic) bond motifs is 1. The number of hydrogen-bond acceptors (Lipinski definition) is 7. The van der Waals surface area contributed by atoms with Crippen LogP contribution in [-0.4, -0.2) is 80.2 Å². The maximum atomic E-state index is 12.4. The molecule has 4 N–H and O–H groups in total. The third-order valence-electron chi connectivity index (χ3n) is 6.22. The quantitative estimate of drug-likeness (QED) is 0.259. The van der Waals surface area contributed by atoms with Crippen LogP contribution in [0.4, 0.5) is 0 Å². The highest BCUT2D eigenvalue weighted by molar-refractivity contribution is 6.00. The lowest BCUT2D eigenvalue weighted by molar-refractivity contribution is -0.163. The second-order valence-corrected chi connectivity index (χ2v) is 8.37. The Hall–Kier alpha value is -2.91. The predicted molar refractivity (Wildman–Crippen MR) is 110 cm³/mol. The highest BCUT2D eigenvalue weighted by atomic mass is 16.4. The average molecular weight is 432 g/mol. The molecule has 9 heteroatoms. The number of Topliss-reactive ketones (excluding diaryl/α,β-unsaturated/α-hetero) is 1. The van der Waals surface area contributed by atoms with Gasteiger partial charge in [-0.1, -0.05) is 13.0 Å². The minimum atomic E-state index is -1.16. The highest BCUT2D eigenvalue weighted by Crippen LogP contribution is 2.47. The van der Waals surface area contributed by atoms with Gasteiger partial charge in [0.25, 0.3) is 0 Å². The number of nitrogens with zero attached hydrogens (tertiary/aromatic N) is 2. The number of phenolic OH excluding ortho intramolecular Hbond substituents is 2. The number of carbonyl (C=O) groups excluding carboxylic acids is 2. The number of hydrogen-bond donors (Lipinski definition) is 4. The number of β-lactam (4-membered cyclic amide) rings is 1. The molecule has 2 aliphatic heterocycles. The molecule has 1 aromatic carbocycles. The van der Waals surface area contributed by atoms with Crippen molar-refractivity contribution < 1.29 is 34.8 Å². The van der Waals surface area contributed by atoms with Gasteiger partial charge >= 0.3 is 5.97 Å². The van der Waals surface area contributed by atoms with E-state index in [0.29, 0.717) is 25.1 Å². The minimum Gasteiger partial charge on any atom is -0.504 e. The van der Waals surface area contributed by atoms with Crippen LogP contribution in [0.5, 0.6) is 11.5 Å². The third-order valence-corrected chi connectivity index (χ3v) is 6.22. The van der Waals surface area contributed by atoms with E-state index in [-0.39, 0.29) is 47.1 Å². The van der Waals surface area contributed by atoms with Crippen molar-refractivity contribution in [3.05, 3.63) is 35.0 Å². The van der Waals surface area contributed by atoms with Crippen LogP contribution in [0.3, 0.4) is 0 Å². The van der Waals surface area contributed by atoms with Gasteiger partial charge in [0.1, 0.15) is 5.70 Å². The SMILES string of the molecule is C[C@@H](O)[C@H]1C(=O)N2C(C(=O)O)=C(CN(C)CCCC(=O)c3cccc(O)c3O)[C@H](C)[C@H]12. The van der Waals surface area contributed by atoms with Crippen molar-refractivity contribution in [3.63, 3.8) is 0 Å². The van der Waals surface area contributed by atoms with Crippen molar-refractivity contribution in [2.24, 2.45) is 11.8 Å². The molecule has 1 fully saturated rings. The summed E-state index contributed by atoms with van der Waals surface area (Å²) in [7, 11) is 1.80. The van der Waals surface area contributed by atoms with Crippen LogP contribution < -0.4 is 0 Å². The lowest BCUT2D eigenvalue weighted by Gasteiger charge is -2.46. The van der Waals surface area contributed by atoms with Gasteiger partial charge in [-0.05, 0) is 44.6 Å². The number of aliphatic hydroxyl groups excluding tert-OH is 1. The number of ketones is 1. The lowest BCUT2D eigenvalue weighted by atomic mass is 9.77. The largest absolute Gasteiger partial charge is 0.504 e. The molecular formula is C22H28N2O7. The molecule has 0 unspecified atom stereocenters. The first-order valence-electron chi connectivity index (χ1n) is 10.3. The predicted octanol–water partition coefficient (Wildman–Crippen LogP) is 1.19. The smallest absolute Gasteiger partial charge is 0.352 e. The fourth-order valence-corrected chi connectivity index (χ4v) is 4.62. The summed E-state index contributed by atoms with van der Waals surface area (Å²) >= 11 is 0. The first kappa shape index (κ1) is 22.8. The summed E-state index contributed by atoms with van der Waals surface area (Å²) < 4.78 is 0. The number of rotatable bonds is 9. The number of carbonyl (C=O) groups is 3. The Morgan fingerprint density at radius 3 is 2.55 bits per heavy atom. The first-order chi connectivity index (χ1) is 14.6. The van der Waals surface area contributed by atoms with Crippen LogP contribution in [0.2, 0.25) is 0 Å². The maximum Gasteiger partial charge on any atom is 0.352 e. The monoisotopic (exact) mass is 432 g/mol. The van der Waals surface area contributed by atoms with E-state index in [1.54, 1.807) is 14.0 Å². The molecule has 0 saturated carbocycles. The van der Waals surface area contributed by atoms with Crippen LogP contribution >= 0.6 is 0 Å². The number of phenols is 2. The van der Waals surface area contributed by atoms with E-state index in [1.807, 2.05) is 11.8 Å². The fourth-order valence-electron chi connectivity index (χ4n) is 4.62. The summed E-state index contributed by atoms with van der Waals surface area (Å²) in [5, 5.41) is 38.9. The van der Waals surface area contributed by atoms with Crippen molar-refractivity contribution in [3.8, 4) is 11.5 Å². The van der Waals surface area contributed by atoms with E-state index < -0.39 is 23.7 Å². The molecule has 9 nitrogen and oxygen atoms in total. The number of carboxylic acids is 1. The van der Waals surface area contributed by atoms with Gasteiger partial charge in [-0.25, -0.2) is 4.79 Å². The third kappa shape index (κ3) is 4.03. The van der Waals surface area contributed by atoms with E-state index in [1.165, 1.54) is 23.1 Å². The molecule has 0 aromatic heterocycles. The van der Waals surface area contributed by atoms with E-state index >= 15 is 0 Å². The Morgan fingerprint density at radius 2 is 1.94 bits per heavy atom. The second kappa shape index (κ2) is 8.68. The van der Waals surface area contributed by atoms with E-state index in [4.69, 9.17) is 0 Å². The minimum absolute atomic E-state index is 0.00740. The van der Waals surface area contributed by atoms with Crippen molar-refractivity contribution in [2.75, 3.05) is 20.1 Å². The van der Waals surface area contributed by atoms with Crippen LogP contribution in [0.1, 0.15) is 37.0 Å². The average Bonchev–Trinajstić information content (AvgIpc) is 2.92. The first-order valence-corrected chi connectivity index (χ1v) is 10.3. The maximum absolute atomic E-state index is 12.4. The molecule has 2 heterocycles. The molecular weight excluding hydrogens is 404 g/mol. The zero-order chi connectivity index (χ0) is 23.0. The summed E-state index contributed by atoms with van der Waals surface area (Å²) in [5.74, 6) is -3.39. The standard InChI is InChI=1S/C22H28N2O7/c1-11-14(19(22(30)31)24-18(11)17(12(2)25)21(24)29)10-23(3)9-5-8-15(26)13-6-4-7-16(27)20(13)28/h4,6-7,11-12,17-18,25,27-28H,5,8-10H2,1-3H3,(H,30,31)/t11-,12+,17+,18+/m0/s1. The zero-order valence-corrected chi connectivity index (χ0v) is 17.8. The molecule has 1 saturated heterocycles. The Morgan fingerprint density at radius 1 is 1.26 bits per heavy atom. The molecule has 31 heavy (non-hydrogen) atoms. The Kier molecular flexibility index (Phi) is 6.38. The topological polar surface area (TPSA) is 139 Å². The molecule has 0 spiro atoms. The van der Waals surface area contributed by atoms with Gasteiger partial charge in [-0.15, -0.1) is 0 Å². The number of aliphatic carboxylic acids is 1. The normalized spacial score (nSPS) is 23.7. The summed E-state index contributed by atoms with van der Waals surface area (Å²) in [6, 6.07) is 3.89. The van der Waals surface area contributed by atoms with Crippen LogP contribution in [0.15, 0.2) is 29.5 Å². The molecule has 0 radical (unpaired) electrons. The van der Waals surface area contributed by atoms with Gasteiger partial charge in [0.2, 0.25) is 5.91 Å². The van der Waals surface area contributed by atoms with Crippen LogP contribution in [0.25, 0.3) is 0 Å². The number of amides is 1. The van der Waals surface area contributed by atoms with E-state index in [2.05, 4.69) is 0 Å². The molecule has 1 aromatic rings. The molecule has 4 atom stereocenters. The molecule has 0 bridgehead atoms. The van der Waals surface area contributed by atoms with E-state index in [0.717, 1.165) is 0 Å². The highest BCUT2D eigenvalue weighted by Gasteiger charge is 2.59. The number of para-hydroxylation sites is 1. The number of carboxylic acid groups (broad SMARTS) is 1. The molecule has 2 aliphatic rings. The number of benzene rings is 1. The summed E-state index contributed by atoms with van der Waals surface area (Å²) in [6.45, 7) is 4.22. The second-order valence-electron chi connectivity index (χ2n) is 8.37. The van der Waals surface area contributed by atoms with Gasteiger partial charge in [-0.3, -0.25) is 9.59 Å². The van der Waals surface area contributed by atoms with E-state index in [9.17, 15) is 34.8 Å². The Labute approximate surface area is 180 Å². The van der Waals surface area contributed by atoms with Crippen molar-refractivity contribution in [2.45, 2.75) is 38.8 Å². The van der Waals surface area contributed by atoms with Gasteiger partial charge in [-0.2, -0.15) is 0 Å². The lowest BCUT2D eigenvalue weighted by Crippen LogP contribution is -2.63. The molecule has 3 rings (SSSR count). The van der Waals surface area contributed by atoms with Crippen LogP contribution in [-0.2, 0) is 9.59 Å². The molecule has 0 aliphatic carbocycles. The van der Waals surface area contributed by atoms with Gasteiger partial charge in [0, 0.05) is 18.9 Å². The summed E-state index contributed by atoms with van der Waals surface area (Å²) in [4.78, 5) is 39.7. The summed E-state index contributed by atoms with van der Waals surface area (Å²) in [6.07, 6.45) is -0.223. The summed E-state index contributed by atoms with van der Waals surface area (Å²) in [5.41, 5.74) is 0.690. The van der Waals surface area contributed by atoms with Crippen LogP contribution in [0, 0.1) is 11.8 Å². The van der Waals surface area contributed by atoms with Crippen molar-refractivity contribution in [1.82, 2.24) is 9.80 Å². The van der Waals surface area contributed by atoms with Crippen molar-refractivity contribution in [1.29, 1.82) is 0 Å². The van der Waals surface area contributed by atoms with Gasteiger partial charge in [0.05, 0.1) is 23.6 Å². The van der Waals surface area contributed by atoms with Gasteiger partial charge < -0.3 is 30.2 Å². The van der Waals surface area contributed by atoms with Crippen molar-refractivity contribution >= 4 is 17.7 Å². The fraction of sp³-hybridized carbons (Fsp3) is 0.500. The molecule has 1 amide bonds.